The normalized spacial score (nSPS) is 11.1. The van der Waals surface area contributed by atoms with Gasteiger partial charge in [-0.3, -0.25) is 0 Å². The maximum atomic E-state index is 6.11. The smallest absolute Gasteiger partial charge is 0.234 e. The van der Waals surface area contributed by atoms with Crippen molar-refractivity contribution in [2.75, 3.05) is 0 Å². The van der Waals surface area contributed by atoms with Gasteiger partial charge in [-0.25, -0.2) is 0 Å². The first kappa shape index (κ1) is 19.5. The SMILES string of the molecule is Clc1ccc(OCc2nn3c(COc4ccc(Cl)cc4Cl)nnc3s2)c(Cl)c1. The van der Waals surface area contributed by atoms with Crippen LogP contribution >= 0.6 is 57.7 Å². The molecule has 0 bridgehead atoms. The largest absolute Gasteiger partial charge is 0.485 e. The van der Waals surface area contributed by atoms with Crippen molar-refractivity contribution in [3.63, 3.8) is 0 Å². The minimum atomic E-state index is 0.148. The Hall–Kier alpha value is -1.77. The number of hydrogen-bond acceptors (Lipinski definition) is 6. The summed E-state index contributed by atoms with van der Waals surface area (Å²) in [6.45, 7) is 0.383. The molecule has 0 N–H and O–H groups in total. The van der Waals surface area contributed by atoms with Crippen LogP contribution in [0.25, 0.3) is 4.96 Å². The number of halogens is 4. The Balaban J connectivity index is 1.45. The number of nitrogens with zero attached hydrogens (tertiary/aromatic N) is 4. The Labute approximate surface area is 183 Å². The van der Waals surface area contributed by atoms with Gasteiger partial charge in [-0.15, -0.1) is 10.2 Å². The second kappa shape index (κ2) is 8.31. The Morgan fingerprint density at radius 1 is 0.821 bits per heavy atom. The number of fused-ring (bicyclic) bond motifs is 1. The molecule has 6 nitrogen and oxygen atoms in total. The Morgan fingerprint density at radius 3 is 2.04 bits per heavy atom. The first-order valence-corrected chi connectivity index (χ1v) is 10.2. The second-order valence-electron chi connectivity index (χ2n) is 5.53. The molecule has 0 saturated heterocycles. The minimum absolute atomic E-state index is 0.148. The summed E-state index contributed by atoms with van der Waals surface area (Å²) in [6, 6.07) is 10.0. The molecule has 28 heavy (non-hydrogen) atoms. The highest BCUT2D eigenvalue weighted by Crippen LogP contribution is 2.29. The van der Waals surface area contributed by atoms with E-state index in [-0.39, 0.29) is 13.2 Å². The quantitative estimate of drug-likeness (QED) is 0.344. The number of hydrogen-bond donors (Lipinski definition) is 0. The lowest BCUT2D eigenvalue weighted by Crippen LogP contribution is -2.04. The highest BCUT2D eigenvalue weighted by atomic mass is 35.5. The predicted octanol–water partition coefficient (Wildman–Crippen LogP) is 5.96. The van der Waals surface area contributed by atoms with Crippen molar-refractivity contribution in [2.45, 2.75) is 13.2 Å². The third-order valence-electron chi connectivity index (χ3n) is 3.59. The van der Waals surface area contributed by atoms with Crippen LogP contribution in [0.5, 0.6) is 11.5 Å². The molecular formula is C17H10Cl4N4O2S. The standard InChI is InChI=1S/C17H10Cl4N4O2S/c18-9-1-3-13(11(20)5-9)26-7-15-22-23-17-25(15)24-16(28-17)8-27-14-4-2-10(19)6-12(14)21/h1-6H,7-8H2. The summed E-state index contributed by atoms with van der Waals surface area (Å²) in [5.74, 6) is 1.56. The summed E-state index contributed by atoms with van der Waals surface area (Å²) in [6.07, 6.45) is 0. The average Bonchev–Trinajstić information content (AvgIpc) is 3.21. The lowest BCUT2D eigenvalue weighted by atomic mass is 10.3. The van der Waals surface area contributed by atoms with Gasteiger partial charge < -0.3 is 9.47 Å². The molecule has 0 radical (unpaired) electrons. The van der Waals surface area contributed by atoms with Crippen LogP contribution in [0.4, 0.5) is 0 Å². The fraction of sp³-hybridized carbons (Fsp3) is 0.118. The van der Waals surface area contributed by atoms with Crippen molar-refractivity contribution in [3.05, 3.63) is 67.3 Å². The van der Waals surface area contributed by atoms with Gasteiger partial charge >= 0.3 is 0 Å². The van der Waals surface area contributed by atoms with Crippen LogP contribution in [0.2, 0.25) is 20.1 Å². The first-order chi connectivity index (χ1) is 13.5. The zero-order valence-electron chi connectivity index (χ0n) is 13.9. The first-order valence-electron chi connectivity index (χ1n) is 7.85. The van der Waals surface area contributed by atoms with Crippen molar-refractivity contribution in [2.24, 2.45) is 0 Å². The van der Waals surface area contributed by atoms with Crippen LogP contribution in [0.15, 0.2) is 36.4 Å². The van der Waals surface area contributed by atoms with Gasteiger partial charge in [0.2, 0.25) is 4.96 Å². The Bertz CT molecular complexity index is 1150. The topological polar surface area (TPSA) is 61.5 Å². The maximum absolute atomic E-state index is 6.11. The Kier molecular flexibility index (Phi) is 5.80. The lowest BCUT2D eigenvalue weighted by Gasteiger charge is -2.06. The molecule has 0 unspecified atom stereocenters. The van der Waals surface area contributed by atoms with Crippen LogP contribution in [0.1, 0.15) is 10.8 Å². The Morgan fingerprint density at radius 2 is 1.43 bits per heavy atom. The molecule has 0 aliphatic carbocycles. The molecule has 0 aliphatic heterocycles. The fourth-order valence-electron chi connectivity index (χ4n) is 2.31. The number of benzene rings is 2. The van der Waals surface area contributed by atoms with Gasteiger partial charge in [0.25, 0.3) is 0 Å². The van der Waals surface area contributed by atoms with Gasteiger partial charge in [0.05, 0.1) is 10.0 Å². The van der Waals surface area contributed by atoms with E-state index in [1.54, 1.807) is 40.9 Å². The van der Waals surface area contributed by atoms with Gasteiger partial charge in [0, 0.05) is 10.0 Å². The summed E-state index contributed by atoms with van der Waals surface area (Å²) in [4.78, 5) is 0.626. The van der Waals surface area contributed by atoms with Crippen LogP contribution in [-0.2, 0) is 13.2 Å². The monoisotopic (exact) mass is 474 g/mol. The molecule has 144 valence electrons. The molecule has 0 saturated carbocycles. The van der Waals surface area contributed by atoms with E-state index in [0.29, 0.717) is 47.4 Å². The van der Waals surface area contributed by atoms with E-state index >= 15 is 0 Å². The molecule has 0 fully saturated rings. The van der Waals surface area contributed by atoms with E-state index < -0.39 is 0 Å². The van der Waals surface area contributed by atoms with Crippen molar-refractivity contribution in [1.29, 1.82) is 0 Å². The minimum Gasteiger partial charge on any atom is -0.485 e. The van der Waals surface area contributed by atoms with Gasteiger partial charge in [0.1, 0.15) is 24.7 Å². The lowest BCUT2D eigenvalue weighted by molar-refractivity contribution is 0.290. The molecule has 2 aromatic carbocycles. The molecule has 0 aliphatic rings. The molecule has 4 rings (SSSR count). The van der Waals surface area contributed by atoms with Crippen LogP contribution in [0, 0.1) is 0 Å². The molecule has 0 spiro atoms. The third kappa shape index (κ3) is 4.29. The summed E-state index contributed by atoms with van der Waals surface area (Å²) >= 11 is 25.4. The molecule has 0 atom stereocenters. The average molecular weight is 476 g/mol. The molecule has 2 heterocycles. The van der Waals surface area contributed by atoms with Crippen LogP contribution in [-0.4, -0.2) is 19.8 Å². The molecule has 2 aromatic heterocycles. The second-order valence-corrected chi connectivity index (χ2v) is 8.26. The van der Waals surface area contributed by atoms with Gasteiger partial charge in [-0.2, -0.15) is 9.61 Å². The maximum Gasteiger partial charge on any atom is 0.234 e. The molecule has 4 aromatic rings. The third-order valence-corrected chi connectivity index (χ3v) is 5.53. The van der Waals surface area contributed by atoms with E-state index in [0.717, 1.165) is 0 Å². The highest BCUT2D eigenvalue weighted by molar-refractivity contribution is 7.16. The van der Waals surface area contributed by atoms with E-state index in [9.17, 15) is 0 Å². The zero-order valence-corrected chi connectivity index (χ0v) is 17.7. The summed E-state index contributed by atoms with van der Waals surface area (Å²) in [5.41, 5.74) is 0. The van der Waals surface area contributed by atoms with E-state index in [4.69, 9.17) is 55.9 Å². The van der Waals surface area contributed by atoms with E-state index in [1.807, 2.05) is 0 Å². The van der Waals surface area contributed by atoms with Crippen molar-refractivity contribution >= 4 is 62.7 Å². The predicted molar refractivity (Wildman–Crippen MR) is 110 cm³/mol. The van der Waals surface area contributed by atoms with Crippen LogP contribution < -0.4 is 9.47 Å². The molecule has 0 amide bonds. The molecular weight excluding hydrogens is 466 g/mol. The van der Waals surface area contributed by atoms with Crippen molar-refractivity contribution < 1.29 is 9.47 Å². The molecule has 11 heteroatoms. The summed E-state index contributed by atoms with van der Waals surface area (Å²) in [7, 11) is 0. The highest BCUT2D eigenvalue weighted by Gasteiger charge is 2.14. The number of rotatable bonds is 6. The van der Waals surface area contributed by atoms with E-state index in [2.05, 4.69) is 15.3 Å². The summed E-state index contributed by atoms with van der Waals surface area (Å²) in [5, 5.41) is 15.3. The number of ether oxygens (including phenoxy) is 2. The zero-order chi connectivity index (χ0) is 19.7. The summed E-state index contributed by atoms with van der Waals surface area (Å²) < 4.78 is 13.0. The number of aromatic nitrogens is 4. The van der Waals surface area contributed by atoms with Crippen molar-refractivity contribution in [1.82, 2.24) is 19.8 Å². The van der Waals surface area contributed by atoms with E-state index in [1.165, 1.54) is 11.3 Å². The fourth-order valence-corrected chi connectivity index (χ4v) is 4.00. The van der Waals surface area contributed by atoms with Gasteiger partial charge in [-0.05, 0) is 36.4 Å². The van der Waals surface area contributed by atoms with Gasteiger partial charge in [-0.1, -0.05) is 57.7 Å². The van der Waals surface area contributed by atoms with Gasteiger partial charge in [0.15, 0.2) is 10.8 Å². The van der Waals surface area contributed by atoms with Crippen LogP contribution in [0.3, 0.4) is 0 Å². The van der Waals surface area contributed by atoms with Crippen molar-refractivity contribution in [3.8, 4) is 11.5 Å².